The minimum Gasteiger partial charge on any atom is -0.274 e. The van der Waals surface area contributed by atoms with E-state index in [2.05, 4.69) is 9.82 Å². The molecular formula is C13H15N3O2S. The average Bonchev–Trinajstić information content (AvgIpc) is 2.97. The number of fused-ring (bicyclic) bond motifs is 1. The lowest BCUT2D eigenvalue weighted by Crippen LogP contribution is -2.27. The second-order valence-electron chi connectivity index (χ2n) is 4.76. The second kappa shape index (κ2) is 4.47. The van der Waals surface area contributed by atoms with Gasteiger partial charge in [-0.3, -0.25) is 4.68 Å². The summed E-state index contributed by atoms with van der Waals surface area (Å²) in [6.07, 6.45) is 4.58. The Morgan fingerprint density at radius 3 is 2.89 bits per heavy atom. The van der Waals surface area contributed by atoms with Gasteiger partial charge in [0, 0.05) is 19.3 Å². The molecule has 19 heavy (non-hydrogen) atoms. The van der Waals surface area contributed by atoms with Gasteiger partial charge in [0.05, 0.1) is 6.20 Å². The van der Waals surface area contributed by atoms with Crippen molar-refractivity contribution in [1.82, 2.24) is 14.5 Å². The fraction of sp³-hybridized carbons (Fsp3) is 0.308. The maximum atomic E-state index is 12.2. The van der Waals surface area contributed by atoms with Crippen molar-refractivity contribution in [2.75, 3.05) is 0 Å². The lowest BCUT2D eigenvalue weighted by molar-refractivity contribution is 0.554. The third-order valence-electron chi connectivity index (χ3n) is 3.42. The van der Waals surface area contributed by atoms with E-state index in [1.165, 1.54) is 22.6 Å². The molecule has 0 aliphatic heterocycles. The van der Waals surface area contributed by atoms with Crippen molar-refractivity contribution in [2.24, 2.45) is 7.05 Å². The number of sulfonamides is 1. The van der Waals surface area contributed by atoms with Crippen molar-refractivity contribution in [2.45, 2.75) is 23.8 Å². The first kappa shape index (κ1) is 12.4. The first-order valence-electron chi connectivity index (χ1n) is 6.15. The van der Waals surface area contributed by atoms with Gasteiger partial charge in [0.15, 0.2) is 0 Å². The number of nitrogens with one attached hydrogen (secondary N) is 1. The number of aromatic nitrogens is 2. The van der Waals surface area contributed by atoms with Gasteiger partial charge in [-0.2, -0.15) is 5.10 Å². The molecule has 0 fully saturated rings. The molecule has 0 radical (unpaired) electrons. The highest BCUT2D eigenvalue weighted by Gasteiger charge is 2.27. The van der Waals surface area contributed by atoms with Crippen LogP contribution in [0.3, 0.4) is 0 Å². The molecule has 100 valence electrons. The topological polar surface area (TPSA) is 64.0 Å². The van der Waals surface area contributed by atoms with Crippen LogP contribution < -0.4 is 4.72 Å². The Labute approximate surface area is 112 Å². The third-order valence-corrected chi connectivity index (χ3v) is 4.85. The molecule has 0 unspecified atom stereocenters. The highest BCUT2D eigenvalue weighted by atomic mass is 32.2. The molecule has 0 saturated heterocycles. The Bertz CT molecular complexity index is 706. The van der Waals surface area contributed by atoms with Gasteiger partial charge in [-0.05, 0) is 24.0 Å². The average molecular weight is 277 g/mol. The van der Waals surface area contributed by atoms with E-state index >= 15 is 0 Å². The zero-order chi connectivity index (χ0) is 13.5. The van der Waals surface area contributed by atoms with Crippen LogP contribution in [0.25, 0.3) is 0 Å². The largest absolute Gasteiger partial charge is 0.274 e. The van der Waals surface area contributed by atoms with E-state index in [9.17, 15) is 8.42 Å². The summed E-state index contributed by atoms with van der Waals surface area (Å²) in [6, 6.07) is 7.82. The second-order valence-corrected chi connectivity index (χ2v) is 6.48. The van der Waals surface area contributed by atoms with Crippen LogP contribution in [0, 0.1) is 0 Å². The van der Waals surface area contributed by atoms with Crippen LogP contribution in [0.2, 0.25) is 0 Å². The maximum absolute atomic E-state index is 12.2. The normalized spacial score (nSPS) is 18.5. The van der Waals surface area contributed by atoms with E-state index in [0.29, 0.717) is 0 Å². The van der Waals surface area contributed by atoms with E-state index in [1.54, 1.807) is 7.05 Å². The smallest absolute Gasteiger partial charge is 0.244 e. The van der Waals surface area contributed by atoms with Crippen molar-refractivity contribution in [1.29, 1.82) is 0 Å². The number of hydrogen-bond acceptors (Lipinski definition) is 3. The summed E-state index contributed by atoms with van der Waals surface area (Å²) in [4.78, 5) is 0.208. The Kier molecular flexibility index (Phi) is 2.91. The molecule has 0 bridgehead atoms. The minimum atomic E-state index is -3.50. The van der Waals surface area contributed by atoms with E-state index in [-0.39, 0.29) is 10.9 Å². The van der Waals surface area contributed by atoms with Gasteiger partial charge in [0.25, 0.3) is 0 Å². The maximum Gasteiger partial charge on any atom is 0.244 e. The lowest BCUT2D eigenvalue weighted by atomic mass is 10.1. The van der Waals surface area contributed by atoms with Crippen LogP contribution in [0.1, 0.15) is 23.6 Å². The Hall–Kier alpha value is -1.66. The zero-order valence-corrected chi connectivity index (χ0v) is 11.4. The van der Waals surface area contributed by atoms with E-state index in [4.69, 9.17) is 0 Å². The molecule has 2 aromatic rings. The summed E-state index contributed by atoms with van der Waals surface area (Å²) < 4.78 is 28.7. The van der Waals surface area contributed by atoms with E-state index in [1.807, 2.05) is 24.3 Å². The first-order valence-corrected chi connectivity index (χ1v) is 7.63. The van der Waals surface area contributed by atoms with Crippen molar-refractivity contribution in [3.05, 3.63) is 47.8 Å². The Balaban J connectivity index is 1.87. The molecule has 3 rings (SSSR count). The lowest BCUT2D eigenvalue weighted by Gasteiger charge is -2.13. The molecule has 5 nitrogen and oxygen atoms in total. The van der Waals surface area contributed by atoms with Crippen molar-refractivity contribution in [3.8, 4) is 0 Å². The molecule has 1 N–H and O–H groups in total. The molecule has 1 atom stereocenters. The molecule has 1 aliphatic rings. The molecule has 0 spiro atoms. The number of aryl methyl sites for hydroxylation is 2. The summed E-state index contributed by atoms with van der Waals surface area (Å²) in [5, 5.41) is 3.90. The summed E-state index contributed by atoms with van der Waals surface area (Å²) in [5.41, 5.74) is 2.30. The monoisotopic (exact) mass is 277 g/mol. The molecule has 1 aromatic heterocycles. The van der Waals surface area contributed by atoms with Gasteiger partial charge >= 0.3 is 0 Å². The summed E-state index contributed by atoms with van der Waals surface area (Å²) >= 11 is 0. The number of hydrogen-bond donors (Lipinski definition) is 1. The van der Waals surface area contributed by atoms with Crippen LogP contribution in [0.4, 0.5) is 0 Å². The summed E-state index contributed by atoms with van der Waals surface area (Å²) in [7, 11) is -1.80. The third kappa shape index (κ3) is 2.29. The Morgan fingerprint density at radius 2 is 2.16 bits per heavy atom. The molecule has 0 amide bonds. The number of nitrogens with zero attached hydrogens (tertiary/aromatic N) is 2. The molecule has 1 aliphatic carbocycles. The van der Waals surface area contributed by atoms with Crippen LogP contribution in [-0.4, -0.2) is 18.2 Å². The number of benzene rings is 1. The van der Waals surface area contributed by atoms with E-state index < -0.39 is 10.0 Å². The zero-order valence-electron chi connectivity index (χ0n) is 10.6. The van der Waals surface area contributed by atoms with Crippen LogP contribution in [0.5, 0.6) is 0 Å². The highest BCUT2D eigenvalue weighted by molar-refractivity contribution is 7.89. The van der Waals surface area contributed by atoms with Crippen LogP contribution in [0.15, 0.2) is 41.6 Å². The van der Waals surface area contributed by atoms with Gasteiger partial charge < -0.3 is 0 Å². The van der Waals surface area contributed by atoms with Gasteiger partial charge in [0.2, 0.25) is 10.0 Å². The molecule has 1 heterocycles. The van der Waals surface area contributed by atoms with Gasteiger partial charge in [-0.1, -0.05) is 24.3 Å². The van der Waals surface area contributed by atoms with Crippen LogP contribution >= 0.6 is 0 Å². The SMILES string of the molecule is Cn1cc(S(=O)(=O)N[C@H]2CCc3ccccc32)cn1. The Morgan fingerprint density at radius 1 is 1.37 bits per heavy atom. The predicted octanol–water partition coefficient (Wildman–Crippen LogP) is 1.39. The van der Waals surface area contributed by atoms with Crippen molar-refractivity contribution < 1.29 is 8.42 Å². The van der Waals surface area contributed by atoms with Crippen molar-refractivity contribution in [3.63, 3.8) is 0 Å². The molecule has 0 saturated carbocycles. The summed E-state index contributed by atoms with van der Waals surface area (Å²) in [5.74, 6) is 0. The van der Waals surface area contributed by atoms with Crippen molar-refractivity contribution >= 4 is 10.0 Å². The van der Waals surface area contributed by atoms with Crippen LogP contribution in [-0.2, 0) is 23.5 Å². The van der Waals surface area contributed by atoms with E-state index in [0.717, 1.165) is 18.4 Å². The quantitative estimate of drug-likeness (QED) is 0.922. The molecule has 1 aromatic carbocycles. The van der Waals surface area contributed by atoms with Gasteiger partial charge in [0.1, 0.15) is 4.90 Å². The standard InChI is InChI=1S/C13H15N3O2S/c1-16-9-11(8-14-16)19(17,18)15-13-7-6-10-4-2-3-5-12(10)13/h2-5,8-9,13,15H,6-7H2,1H3/t13-/m0/s1. The predicted molar refractivity (Wildman–Crippen MR) is 71.0 cm³/mol. The fourth-order valence-electron chi connectivity index (χ4n) is 2.47. The van der Waals surface area contributed by atoms with Gasteiger partial charge in [-0.15, -0.1) is 0 Å². The minimum absolute atomic E-state index is 0.138. The summed E-state index contributed by atoms with van der Waals surface area (Å²) in [6.45, 7) is 0. The molecular weight excluding hydrogens is 262 g/mol. The highest BCUT2D eigenvalue weighted by Crippen LogP contribution is 2.31. The fourth-order valence-corrected chi connectivity index (χ4v) is 3.71. The number of rotatable bonds is 3. The molecule has 6 heteroatoms. The van der Waals surface area contributed by atoms with Gasteiger partial charge in [-0.25, -0.2) is 13.1 Å². The first-order chi connectivity index (χ1) is 9.06.